The summed E-state index contributed by atoms with van der Waals surface area (Å²) in [5.41, 5.74) is 2.13. The molecule has 110 valence electrons. The molecule has 4 nitrogen and oxygen atoms in total. The molecule has 0 aliphatic carbocycles. The van der Waals surface area contributed by atoms with Crippen LogP contribution in [0.5, 0.6) is 5.75 Å². The molecule has 2 aromatic carbocycles. The van der Waals surface area contributed by atoms with Gasteiger partial charge in [0.2, 0.25) is 0 Å². The van der Waals surface area contributed by atoms with E-state index in [4.69, 9.17) is 4.74 Å². The molecule has 2 aromatic rings. The highest BCUT2D eigenvalue weighted by molar-refractivity contribution is 7.86. The SMILES string of the molecule is COS(=O)(=O)c1ccc2c(c1)OC(c1ccccc1)CC2. The average molecular weight is 304 g/mol. The van der Waals surface area contributed by atoms with Gasteiger partial charge in [-0.05, 0) is 30.0 Å². The highest BCUT2D eigenvalue weighted by Crippen LogP contribution is 2.36. The molecule has 0 fully saturated rings. The van der Waals surface area contributed by atoms with Crippen molar-refractivity contribution in [3.8, 4) is 5.75 Å². The van der Waals surface area contributed by atoms with Crippen LogP contribution in [0.25, 0.3) is 0 Å². The summed E-state index contributed by atoms with van der Waals surface area (Å²) >= 11 is 0. The van der Waals surface area contributed by atoms with Crippen LogP contribution in [0.3, 0.4) is 0 Å². The van der Waals surface area contributed by atoms with Gasteiger partial charge in [0, 0.05) is 6.07 Å². The lowest BCUT2D eigenvalue weighted by Crippen LogP contribution is -2.15. The fraction of sp³-hybridized carbons (Fsp3) is 0.250. The van der Waals surface area contributed by atoms with E-state index >= 15 is 0 Å². The summed E-state index contributed by atoms with van der Waals surface area (Å²) in [7, 11) is -2.54. The Hall–Kier alpha value is -1.85. The molecular formula is C16H16O4S. The van der Waals surface area contributed by atoms with Crippen molar-refractivity contribution in [2.45, 2.75) is 23.8 Å². The first-order chi connectivity index (χ1) is 10.1. The topological polar surface area (TPSA) is 52.6 Å². The van der Waals surface area contributed by atoms with Crippen molar-refractivity contribution in [1.29, 1.82) is 0 Å². The van der Waals surface area contributed by atoms with E-state index in [0.29, 0.717) is 5.75 Å². The molecule has 0 N–H and O–H groups in total. The third-order valence-corrected chi connectivity index (χ3v) is 4.93. The smallest absolute Gasteiger partial charge is 0.296 e. The van der Waals surface area contributed by atoms with Crippen molar-refractivity contribution in [3.05, 3.63) is 59.7 Å². The van der Waals surface area contributed by atoms with Gasteiger partial charge in [-0.3, -0.25) is 4.18 Å². The second kappa shape index (κ2) is 5.50. The highest BCUT2D eigenvalue weighted by atomic mass is 32.2. The molecule has 0 aromatic heterocycles. The van der Waals surface area contributed by atoms with Crippen LogP contribution in [0.15, 0.2) is 53.4 Å². The maximum atomic E-state index is 11.8. The molecule has 0 spiro atoms. The molecule has 0 saturated heterocycles. The first-order valence-electron chi connectivity index (χ1n) is 6.75. The van der Waals surface area contributed by atoms with E-state index in [1.165, 1.54) is 0 Å². The van der Waals surface area contributed by atoms with Gasteiger partial charge < -0.3 is 4.74 Å². The lowest BCUT2D eigenvalue weighted by molar-refractivity contribution is 0.176. The van der Waals surface area contributed by atoms with Crippen LogP contribution >= 0.6 is 0 Å². The predicted molar refractivity (Wildman–Crippen MR) is 78.8 cm³/mol. The van der Waals surface area contributed by atoms with Crippen LogP contribution in [-0.4, -0.2) is 15.5 Å². The fourth-order valence-corrected chi connectivity index (χ4v) is 3.18. The van der Waals surface area contributed by atoms with Crippen molar-refractivity contribution >= 4 is 10.1 Å². The fourth-order valence-electron chi connectivity index (χ4n) is 2.50. The van der Waals surface area contributed by atoms with Gasteiger partial charge in [-0.25, -0.2) is 0 Å². The molecular weight excluding hydrogens is 288 g/mol. The lowest BCUT2D eigenvalue weighted by atomic mass is 9.97. The van der Waals surface area contributed by atoms with Gasteiger partial charge in [0.25, 0.3) is 10.1 Å². The first-order valence-corrected chi connectivity index (χ1v) is 8.16. The lowest BCUT2D eigenvalue weighted by Gasteiger charge is -2.26. The maximum absolute atomic E-state index is 11.8. The van der Waals surface area contributed by atoms with Crippen LogP contribution < -0.4 is 4.74 Å². The van der Waals surface area contributed by atoms with Crippen molar-refractivity contribution < 1.29 is 17.3 Å². The second-order valence-electron chi connectivity index (χ2n) is 4.95. The largest absolute Gasteiger partial charge is 0.485 e. The van der Waals surface area contributed by atoms with Gasteiger partial charge in [-0.15, -0.1) is 0 Å². The summed E-state index contributed by atoms with van der Waals surface area (Å²) < 4.78 is 34.0. The predicted octanol–water partition coefficient (Wildman–Crippen LogP) is 3.09. The molecule has 1 aliphatic rings. The highest BCUT2D eigenvalue weighted by Gasteiger charge is 2.23. The minimum Gasteiger partial charge on any atom is -0.485 e. The number of rotatable bonds is 3. The Labute approximate surface area is 124 Å². The Morgan fingerprint density at radius 2 is 1.90 bits per heavy atom. The molecule has 0 saturated carbocycles. The van der Waals surface area contributed by atoms with E-state index in [1.54, 1.807) is 18.2 Å². The summed E-state index contributed by atoms with van der Waals surface area (Å²) in [6.45, 7) is 0. The van der Waals surface area contributed by atoms with Crippen LogP contribution in [0.4, 0.5) is 0 Å². The summed E-state index contributed by atoms with van der Waals surface area (Å²) in [6, 6.07) is 14.8. The number of hydrogen-bond donors (Lipinski definition) is 0. The number of aryl methyl sites for hydroxylation is 1. The minimum absolute atomic E-state index is 0.0424. The van der Waals surface area contributed by atoms with Crippen LogP contribution in [0.2, 0.25) is 0 Å². The Morgan fingerprint density at radius 3 is 2.62 bits per heavy atom. The van der Waals surface area contributed by atoms with E-state index in [0.717, 1.165) is 31.1 Å². The molecule has 0 amide bonds. The Balaban J connectivity index is 1.93. The maximum Gasteiger partial charge on any atom is 0.296 e. The zero-order chi connectivity index (χ0) is 14.9. The third-order valence-electron chi connectivity index (χ3n) is 3.66. The van der Waals surface area contributed by atoms with Gasteiger partial charge in [-0.1, -0.05) is 36.4 Å². The molecule has 21 heavy (non-hydrogen) atoms. The van der Waals surface area contributed by atoms with Gasteiger partial charge in [0.1, 0.15) is 11.9 Å². The molecule has 0 radical (unpaired) electrons. The Bertz CT molecular complexity index is 738. The van der Waals surface area contributed by atoms with Gasteiger partial charge >= 0.3 is 0 Å². The van der Waals surface area contributed by atoms with Gasteiger partial charge in [-0.2, -0.15) is 8.42 Å². The first kappa shape index (κ1) is 14.1. The molecule has 1 atom stereocenters. The number of fused-ring (bicyclic) bond motifs is 1. The quantitative estimate of drug-likeness (QED) is 0.818. The monoisotopic (exact) mass is 304 g/mol. The van der Waals surface area contributed by atoms with Crippen molar-refractivity contribution in [2.24, 2.45) is 0 Å². The van der Waals surface area contributed by atoms with E-state index < -0.39 is 10.1 Å². The molecule has 5 heteroatoms. The van der Waals surface area contributed by atoms with E-state index in [1.807, 2.05) is 30.3 Å². The third kappa shape index (κ3) is 2.80. The normalized spacial score (nSPS) is 17.9. The van der Waals surface area contributed by atoms with E-state index in [-0.39, 0.29) is 11.0 Å². The summed E-state index contributed by atoms with van der Waals surface area (Å²) in [4.78, 5) is 0.123. The Morgan fingerprint density at radius 1 is 1.14 bits per heavy atom. The van der Waals surface area contributed by atoms with E-state index in [9.17, 15) is 8.42 Å². The van der Waals surface area contributed by atoms with Crippen molar-refractivity contribution in [2.75, 3.05) is 7.11 Å². The summed E-state index contributed by atoms with van der Waals surface area (Å²) in [5, 5.41) is 0. The van der Waals surface area contributed by atoms with Crippen molar-refractivity contribution in [3.63, 3.8) is 0 Å². The second-order valence-corrected chi connectivity index (χ2v) is 6.66. The zero-order valence-corrected chi connectivity index (χ0v) is 12.5. The number of hydrogen-bond acceptors (Lipinski definition) is 4. The molecule has 0 bridgehead atoms. The molecule has 1 aliphatic heterocycles. The number of benzene rings is 2. The molecule has 1 heterocycles. The Kier molecular flexibility index (Phi) is 3.69. The van der Waals surface area contributed by atoms with Crippen LogP contribution in [-0.2, 0) is 20.7 Å². The number of ether oxygens (including phenoxy) is 1. The minimum atomic E-state index is -3.69. The standard InChI is InChI=1S/C16H16O4S/c1-19-21(17,18)14-9-7-13-8-10-15(20-16(13)11-14)12-5-3-2-4-6-12/h2-7,9,11,15H,8,10H2,1H3. The molecule has 1 unspecified atom stereocenters. The van der Waals surface area contributed by atoms with Crippen LogP contribution in [0.1, 0.15) is 23.7 Å². The average Bonchev–Trinajstić information content (AvgIpc) is 2.54. The van der Waals surface area contributed by atoms with Crippen LogP contribution in [0, 0.1) is 0 Å². The molecule has 3 rings (SSSR count). The zero-order valence-electron chi connectivity index (χ0n) is 11.7. The van der Waals surface area contributed by atoms with Gasteiger partial charge in [0.05, 0.1) is 12.0 Å². The summed E-state index contributed by atoms with van der Waals surface area (Å²) in [5.74, 6) is 0.619. The summed E-state index contributed by atoms with van der Waals surface area (Å²) in [6.07, 6.45) is 1.70. The van der Waals surface area contributed by atoms with E-state index in [2.05, 4.69) is 4.18 Å². The van der Waals surface area contributed by atoms with Gasteiger partial charge in [0.15, 0.2) is 0 Å². The van der Waals surface area contributed by atoms with Crippen molar-refractivity contribution in [1.82, 2.24) is 0 Å².